The van der Waals surface area contributed by atoms with Gasteiger partial charge in [-0.3, -0.25) is 4.79 Å². The lowest BCUT2D eigenvalue weighted by atomic mass is 10.3. The van der Waals surface area contributed by atoms with E-state index >= 15 is 0 Å². The van der Waals surface area contributed by atoms with Crippen LogP contribution in [0.1, 0.15) is 16.3 Å². The highest BCUT2D eigenvalue weighted by molar-refractivity contribution is 9.10. The number of carbonyl (C=O) groups excluding carboxylic acids is 1. The minimum atomic E-state index is -0.330. The van der Waals surface area contributed by atoms with E-state index in [0.29, 0.717) is 17.2 Å². The minimum Gasteiger partial charge on any atom is -0.497 e. The maximum atomic E-state index is 12.2. The molecule has 5 nitrogen and oxygen atoms in total. The van der Waals surface area contributed by atoms with Crippen molar-refractivity contribution in [1.29, 1.82) is 0 Å². The zero-order chi connectivity index (χ0) is 17.6. The molecule has 0 aliphatic carbocycles. The third-order valence-electron chi connectivity index (χ3n) is 3.41. The van der Waals surface area contributed by atoms with Crippen molar-refractivity contribution >= 4 is 27.5 Å². The molecule has 1 N–H and O–H groups in total. The van der Waals surface area contributed by atoms with Gasteiger partial charge in [0.05, 0.1) is 7.11 Å². The lowest BCUT2D eigenvalue weighted by Crippen LogP contribution is -2.10. The molecule has 0 fully saturated rings. The summed E-state index contributed by atoms with van der Waals surface area (Å²) in [5, 5.41) is 2.77. The lowest BCUT2D eigenvalue weighted by molar-refractivity contribution is 0.0992. The lowest BCUT2D eigenvalue weighted by Gasteiger charge is -2.06. The first-order valence-corrected chi connectivity index (χ1v) is 8.36. The maximum absolute atomic E-state index is 12.2. The Morgan fingerprint density at radius 1 is 1.08 bits per heavy atom. The van der Waals surface area contributed by atoms with E-state index in [-0.39, 0.29) is 18.3 Å². The summed E-state index contributed by atoms with van der Waals surface area (Å²) >= 11 is 3.37. The van der Waals surface area contributed by atoms with E-state index in [1.165, 1.54) is 0 Å². The van der Waals surface area contributed by atoms with Gasteiger partial charge in [0.15, 0.2) is 5.76 Å². The first-order chi connectivity index (χ1) is 12.1. The molecule has 3 rings (SSSR count). The summed E-state index contributed by atoms with van der Waals surface area (Å²) in [5.41, 5.74) is 0.633. The van der Waals surface area contributed by atoms with E-state index in [4.69, 9.17) is 13.9 Å². The summed E-state index contributed by atoms with van der Waals surface area (Å²) < 4.78 is 17.3. The second-order valence-electron chi connectivity index (χ2n) is 5.19. The van der Waals surface area contributed by atoms with Crippen LogP contribution in [0.3, 0.4) is 0 Å². The number of hydrogen-bond donors (Lipinski definition) is 1. The van der Waals surface area contributed by atoms with Crippen molar-refractivity contribution in [1.82, 2.24) is 0 Å². The van der Waals surface area contributed by atoms with Crippen LogP contribution in [0.2, 0.25) is 0 Å². The highest BCUT2D eigenvalue weighted by atomic mass is 79.9. The van der Waals surface area contributed by atoms with Crippen LogP contribution in [0.15, 0.2) is 69.6 Å². The normalized spacial score (nSPS) is 10.3. The predicted molar refractivity (Wildman–Crippen MR) is 98.1 cm³/mol. The van der Waals surface area contributed by atoms with E-state index in [1.54, 1.807) is 43.5 Å². The third-order valence-corrected chi connectivity index (χ3v) is 3.94. The average Bonchev–Trinajstić information content (AvgIpc) is 3.10. The SMILES string of the molecule is COc1cccc(NC(=O)c2ccc(COc3ccc(Br)cc3)o2)c1. The predicted octanol–water partition coefficient (Wildman–Crippen LogP) is 4.88. The highest BCUT2D eigenvalue weighted by Crippen LogP contribution is 2.20. The van der Waals surface area contributed by atoms with Gasteiger partial charge in [0.25, 0.3) is 5.91 Å². The van der Waals surface area contributed by atoms with E-state index in [1.807, 2.05) is 24.3 Å². The Morgan fingerprint density at radius 2 is 1.88 bits per heavy atom. The number of carbonyl (C=O) groups is 1. The number of nitrogens with one attached hydrogen (secondary N) is 1. The third kappa shape index (κ3) is 4.64. The Kier molecular flexibility index (Phi) is 5.40. The Balaban J connectivity index is 1.60. The Morgan fingerprint density at radius 3 is 2.64 bits per heavy atom. The second-order valence-corrected chi connectivity index (χ2v) is 6.11. The smallest absolute Gasteiger partial charge is 0.291 e. The van der Waals surface area contributed by atoms with Crippen LogP contribution in [0.4, 0.5) is 5.69 Å². The van der Waals surface area contributed by atoms with Crippen LogP contribution in [-0.2, 0) is 6.61 Å². The van der Waals surface area contributed by atoms with Crippen LogP contribution >= 0.6 is 15.9 Å². The molecule has 0 unspecified atom stereocenters. The first-order valence-electron chi connectivity index (χ1n) is 7.56. The van der Waals surface area contributed by atoms with Crippen LogP contribution < -0.4 is 14.8 Å². The minimum absolute atomic E-state index is 0.220. The molecule has 0 saturated heterocycles. The molecule has 0 saturated carbocycles. The van der Waals surface area contributed by atoms with Crippen LogP contribution in [0.5, 0.6) is 11.5 Å². The molecule has 0 aliphatic rings. The molecule has 1 amide bonds. The molecule has 0 bridgehead atoms. The van der Waals surface area contributed by atoms with E-state index in [2.05, 4.69) is 21.2 Å². The quantitative estimate of drug-likeness (QED) is 0.639. The van der Waals surface area contributed by atoms with E-state index in [9.17, 15) is 4.79 Å². The summed E-state index contributed by atoms with van der Waals surface area (Å²) in [4.78, 5) is 12.2. The summed E-state index contributed by atoms with van der Waals surface area (Å²) in [6.45, 7) is 0.244. The molecular formula is C19H16BrNO4. The fourth-order valence-electron chi connectivity index (χ4n) is 2.16. The molecule has 25 heavy (non-hydrogen) atoms. The van der Waals surface area contributed by atoms with E-state index in [0.717, 1.165) is 10.2 Å². The number of furan rings is 1. The number of anilines is 1. The van der Waals surface area contributed by atoms with Gasteiger partial charge >= 0.3 is 0 Å². The molecule has 2 aromatic carbocycles. The van der Waals surface area contributed by atoms with Gasteiger partial charge in [0.1, 0.15) is 23.9 Å². The number of amides is 1. The van der Waals surface area contributed by atoms with Crippen molar-refractivity contribution in [2.75, 3.05) is 12.4 Å². The second kappa shape index (κ2) is 7.90. The van der Waals surface area contributed by atoms with Gasteiger partial charge in [0, 0.05) is 16.2 Å². The molecule has 1 heterocycles. The van der Waals surface area contributed by atoms with E-state index < -0.39 is 0 Å². The van der Waals surface area contributed by atoms with Gasteiger partial charge in [0.2, 0.25) is 0 Å². The monoisotopic (exact) mass is 401 g/mol. The van der Waals surface area contributed by atoms with Crippen molar-refractivity contribution in [3.05, 3.63) is 76.7 Å². The summed E-state index contributed by atoms with van der Waals surface area (Å²) in [6.07, 6.45) is 0. The van der Waals surface area contributed by atoms with Gasteiger partial charge < -0.3 is 19.2 Å². The Hall–Kier alpha value is -2.73. The first kappa shape index (κ1) is 17.1. The molecule has 0 spiro atoms. The summed E-state index contributed by atoms with van der Waals surface area (Å²) in [6, 6.07) is 17.9. The zero-order valence-electron chi connectivity index (χ0n) is 13.5. The van der Waals surface area contributed by atoms with Gasteiger partial charge in [-0.05, 0) is 48.5 Å². The standard InChI is InChI=1S/C19H16BrNO4/c1-23-16-4-2-3-14(11-16)21-19(22)18-10-9-17(25-18)12-24-15-7-5-13(20)6-8-15/h2-11H,12H2,1H3,(H,21,22). The van der Waals surface area contributed by atoms with Crippen molar-refractivity contribution < 1.29 is 18.7 Å². The van der Waals surface area contributed by atoms with Crippen molar-refractivity contribution in [3.63, 3.8) is 0 Å². The molecule has 128 valence electrons. The van der Waals surface area contributed by atoms with Crippen LogP contribution in [0.25, 0.3) is 0 Å². The largest absolute Gasteiger partial charge is 0.497 e. The Labute approximate surface area is 153 Å². The molecule has 6 heteroatoms. The van der Waals surface area contributed by atoms with Gasteiger partial charge in [-0.15, -0.1) is 0 Å². The topological polar surface area (TPSA) is 60.7 Å². The van der Waals surface area contributed by atoms with Crippen molar-refractivity contribution in [2.24, 2.45) is 0 Å². The van der Waals surface area contributed by atoms with Gasteiger partial charge in [-0.25, -0.2) is 0 Å². The summed E-state index contributed by atoms with van der Waals surface area (Å²) in [5.74, 6) is 1.85. The molecular weight excluding hydrogens is 386 g/mol. The molecule has 3 aromatic rings. The van der Waals surface area contributed by atoms with Crippen LogP contribution in [0, 0.1) is 0 Å². The average molecular weight is 402 g/mol. The number of methoxy groups -OCH3 is 1. The van der Waals surface area contributed by atoms with Gasteiger partial charge in [-0.1, -0.05) is 22.0 Å². The molecule has 0 atom stereocenters. The highest BCUT2D eigenvalue weighted by Gasteiger charge is 2.12. The van der Waals surface area contributed by atoms with Gasteiger partial charge in [-0.2, -0.15) is 0 Å². The van der Waals surface area contributed by atoms with Crippen molar-refractivity contribution in [3.8, 4) is 11.5 Å². The zero-order valence-corrected chi connectivity index (χ0v) is 15.1. The molecule has 1 aromatic heterocycles. The number of benzene rings is 2. The Bertz CT molecular complexity index is 858. The fourth-order valence-corrected chi connectivity index (χ4v) is 2.42. The fraction of sp³-hybridized carbons (Fsp3) is 0.105. The number of rotatable bonds is 6. The summed E-state index contributed by atoms with van der Waals surface area (Å²) in [7, 11) is 1.57. The number of ether oxygens (including phenoxy) is 2. The van der Waals surface area contributed by atoms with Crippen molar-refractivity contribution in [2.45, 2.75) is 6.61 Å². The van der Waals surface area contributed by atoms with Crippen LogP contribution in [-0.4, -0.2) is 13.0 Å². The molecule has 0 aliphatic heterocycles. The maximum Gasteiger partial charge on any atom is 0.291 e. The number of hydrogen-bond acceptors (Lipinski definition) is 4. The number of halogens is 1. The molecule has 0 radical (unpaired) electrons.